The highest BCUT2D eigenvalue weighted by atomic mass is 79.9. The van der Waals surface area contributed by atoms with Crippen LogP contribution in [-0.2, 0) is 0 Å². The summed E-state index contributed by atoms with van der Waals surface area (Å²) < 4.78 is 0.760. The van der Waals surface area contributed by atoms with Crippen LogP contribution in [0.25, 0.3) is 11.1 Å². The molecule has 14 heavy (non-hydrogen) atoms. The van der Waals surface area contributed by atoms with Crippen LogP contribution < -0.4 is 0 Å². The van der Waals surface area contributed by atoms with Crippen LogP contribution in [0, 0.1) is 10.1 Å². The summed E-state index contributed by atoms with van der Waals surface area (Å²) in [7, 11) is 0. The molecule has 0 N–H and O–H groups in total. The highest BCUT2D eigenvalue weighted by Crippen LogP contribution is 2.39. The Morgan fingerprint density at radius 2 is 1.79 bits per heavy atom. The summed E-state index contributed by atoms with van der Waals surface area (Å²) in [5, 5.41) is 10.7. The molecular weight excluding hydrogens is 246 g/mol. The van der Waals surface area contributed by atoms with E-state index in [4.69, 9.17) is 0 Å². The quantitative estimate of drug-likeness (QED) is 0.576. The molecule has 0 amide bonds. The molecule has 4 heteroatoms. The standard InChI is InChI=1S/C10H6BrNO2/c11-9-6-10(12(13)14)8-5-3-1-2-4-7(8)9/h1-6H. The fourth-order valence-electron chi connectivity index (χ4n) is 1.41. The average molecular weight is 252 g/mol. The number of rotatable bonds is 1. The van der Waals surface area contributed by atoms with Crippen LogP contribution in [0.1, 0.15) is 0 Å². The molecule has 0 fully saturated rings. The maximum atomic E-state index is 10.7. The monoisotopic (exact) mass is 251 g/mol. The Morgan fingerprint density at radius 3 is 2.43 bits per heavy atom. The van der Waals surface area contributed by atoms with E-state index in [2.05, 4.69) is 15.9 Å². The van der Waals surface area contributed by atoms with Gasteiger partial charge in [0.25, 0.3) is 5.69 Å². The lowest BCUT2D eigenvalue weighted by atomic mass is 10.2. The zero-order chi connectivity index (χ0) is 10.1. The molecule has 0 heterocycles. The Balaban J connectivity index is 2.76. The number of nitrogens with zero attached hydrogens (tertiary/aromatic N) is 1. The van der Waals surface area contributed by atoms with Crippen LogP contribution in [0.15, 0.2) is 40.9 Å². The van der Waals surface area contributed by atoms with E-state index in [9.17, 15) is 10.1 Å². The molecule has 0 aromatic heterocycles. The third-order valence-corrected chi connectivity index (χ3v) is 2.69. The van der Waals surface area contributed by atoms with Crippen molar-refractivity contribution >= 4 is 21.6 Å². The lowest BCUT2D eigenvalue weighted by Gasteiger charge is -1.91. The largest absolute Gasteiger partial charge is 0.278 e. The van der Waals surface area contributed by atoms with Gasteiger partial charge in [0.15, 0.2) is 0 Å². The number of hydrogen-bond donors (Lipinski definition) is 0. The zero-order valence-electron chi connectivity index (χ0n) is 7.11. The third kappa shape index (κ3) is 1.37. The van der Waals surface area contributed by atoms with Gasteiger partial charge in [-0.3, -0.25) is 10.1 Å². The summed E-state index contributed by atoms with van der Waals surface area (Å²) in [6, 6.07) is 10.6. The van der Waals surface area contributed by atoms with Crippen LogP contribution >= 0.6 is 15.9 Å². The van der Waals surface area contributed by atoms with Gasteiger partial charge in [-0.2, -0.15) is 0 Å². The molecule has 2 aliphatic rings. The molecule has 0 aliphatic heterocycles. The van der Waals surface area contributed by atoms with Gasteiger partial charge in [0.2, 0.25) is 0 Å². The van der Waals surface area contributed by atoms with Crippen molar-refractivity contribution in [1.82, 2.24) is 0 Å². The van der Waals surface area contributed by atoms with Crippen molar-refractivity contribution in [2.75, 3.05) is 0 Å². The summed E-state index contributed by atoms with van der Waals surface area (Å²) in [6.07, 6.45) is 0. The third-order valence-electron chi connectivity index (χ3n) is 2.03. The average Bonchev–Trinajstić information content (AvgIpc) is 2.38. The molecule has 2 aliphatic carbocycles. The van der Waals surface area contributed by atoms with Gasteiger partial charge in [-0.05, 0) is 22.0 Å². The Bertz CT molecular complexity index is 470. The Labute approximate surface area is 89.0 Å². The second kappa shape index (κ2) is 3.38. The lowest BCUT2D eigenvalue weighted by molar-refractivity contribution is -0.383. The van der Waals surface area contributed by atoms with Gasteiger partial charge >= 0.3 is 0 Å². The highest BCUT2D eigenvalue weighted by Gasteiger charge is 2.20. The van der Waals surface area contributed by atoms with E-state index in [1.54, 1.807) is 12.1 Å². The number of hydrogen-bond acceptors (Lipinski definition) is 2. The Morgan fingerprint density at radius 1 is 1.14 bits per heavy atom. The van der Waals surface area contributed by atoms with E-state index in [1.165, 1.54) is 6.07 Å². The molecule has 0 saturated heterocycles. The van der Waals surface area contributed by atoms with Crippen LogP contribution in [0.5, 0.6) is 0 Å². The fraction of sp³-hybridized carbons (Fsp3) is 0. The predicted molar refractivity (Wildman–Crippen MR) is 57.4 cm³/mol. The van der Waals surface area contributed by atoms with Crippen LogP contribution in [0.2, 0.25) is 0 Å². The number of nitro groups is 1. The minimum Gasteiger partial charge on any atom is -0.258 e. The van der Waals surface area contributed by atoms with E-state index in [1.807, 2.05) is 18.2 Å². The molecule has 0 radical (unpaired) electrons. The Hall–Kier alpha value is -1.42. The minimum atomic E-state index is -0.368. The van der Waals surface area contributed by atoms with Crippen molar-refractivity contribution in [2.24, 2.45) is 0 Å². The van der Waals surface area contributed by atoms with Gasteiger partial charge in [-0.1, -0.05) is 24.3 Å². The van der Waals surface area contributed by atoms with Crippen molar-refractivity contribution in [3.05, 3.63) is 51.0 Å². The van der Waals surface area contributed by atoms with Gasteiger partial charge < -0.3 is 0 Å². The molecule has 0 saturated carbocycles. The van der Waals surface area contributed by atoms with E-state index in [0.29, 0.717) is 5.56 Å². The van der Waals surface area contributed by atoms with E-state index in [0.717, 1.165) is 10.0 Å². The summed E-state index contributed by atoms with van der Waals surface area (Å²) >= 11 is 3.30. The predicted octanol–water partition coefficient (Wildman–Crippen LogP) is 3.46. The molecule has 0 bridgehead atoms. The van der Waals surface area contributed by atoms with Crippen LogP contribution in [0.4, 0.5) is 5.69 Å². The van der Waals surface area contributed by atoms with Crippen LogP contribution in [0.3, 0.4) is 0 Å². The van der Waals surface area contributed by atoms with Crippen molar-refractivity contribution < 1.29 is 4.92 Å². The topological polar surface area (TPSA) is 43.1 Å². The zero-order valence-corrected chi connectivity index (χ0v) is 8.69. The van der Waals surface area contributed by atoms with Crippen molar-refractivity contribution in [3.63, 3.8) is 0 Å². The Kier molecular flexibility index (Phi) is 2.21. The summed E-state index contributed by atoms with van der Waals surface area (Å²) in [4.78, 5) is 10.3. The summed E-state index contributed by atoms with van der Waals surface area (Å²) in [5.74, 6) is 0. The van der Waals surface area contributed by atoms with E-state index >= 15 is 0 Å². The van der Waals surface area contributed by atoms with E-state index in [-0.39, 0.29) is 10.6 Å². The molecule has 3 nitrogen and oxygen atoms in total. The second-order valence-electron chi connectivity index (χ2n) is 2.87. The number of fused-ring (bicyclic) bond motifs is 1. The molecule has 2 rings (SSSR count). The smallest absolute Gasteiger partial charge is 0.258 e. The lowest BCUT2D eigenvalue weighted by Crippen LogP contribution is -1.85. The SMILES string of the molecule is O=[N+]([O-])c1cc(Br)c2cccccc1-2. The highest BCUT2D eigenvalue weighted by molar-refractivity contribution is 9.10. The van der Waals surface area contributed by atoms with Gasteiger partial charge in [-0.25, -0.2) is 0 Å². The molecule has 0 aromatic carbocycles. The van der Waals surface area contributed by atoms with Crippen molar-refractivity contribution in [2.45, 2.75) is 0 Å². The van der Waals surface area contributed by atoms with E-state index < -0.39 is 0 Å². The summed E-state index contributed by atoms with van der Waals surface area (Å²) in [5.41, 5.74) is 1.66. The molecule has 0 atom stereocenters. The van der Waals surface area contributed by atoms with Crippen molar-refractivity contribution in [1.29, 1.82) is 0 Å². The first kappa shape index (κ1) is 9.15. The van der Waals surface area contributed by atoms with Gasteiger partial charge in [-0.15, -0.1) is 0 Å². The molecule has 70 valence electrons. The molecular formula is C10H6BrNO2. The first-order chi connectivity index (χ1) is 6.70. The van der Waals surface area contributed by atoms with Crippen LogP contribution in [-0.4, -0.2) is 4.92 Å². The molecule has 0 aromatic rings. The molecule has 0 spiro atoms. The number of halogens is 1. The van der Waals surface area contributed by atoms with Gasteiger partial charge in [0.1, 0.15) is 0 Å². The van der Waals surface area contributed by atoms with Gasteiger partial charge in [0, 0.05) is 16.1 Å². The normalized spacial score (nSPS) is 10.4. The maximum absolute atomic E-state index is 10.7. The fourth-order valence-corrected chi connectivity index (χ4v) is 1.97. The summed E-state index contributed by atoms with van der Waals surface area (Å²) in [6.45, 7) is 0. The van der Waals surface area contributed by atoms with Crippen molar-refractivity contribution in [3.8, 4) is 11.1 Å². The second-order valence-corrected chi connectivity index (χ2v) is 3.73. The first-order valence-electron chi connectivity index (χ1n) is 4.02. The maximum Gasteiger partial charge on any atom is 0.278 e. The minimum absolute atomic E-state index is 0.142. The first-order valence-corrected chi connectivity index (χ1v) is 4.81. The van der Waals surface area contributed by atoms with Gasteiger partial charge in [0.05, 0.1) is 10.5 Å². The molecule has 0 unspecified atom stereocenters.